The highest BCUT2D eigenvalue weighted by Crippen LogP contribution is 2.22. The summed E-state index contributed by atoms with van der Waals surface area (Å²) in [6, 6.07) is 6.95. The van der Waals surface area contributed by atoms with Crippen LogP contribution in [0.1, 0.15) is 13.8 Å². The first-order valence-electron chi connectivity index (χ1n) is 5.68. The fourth-order valence-electron chi connectivity index (χ4n) is 1.55. The first kappa shape index (κ1) is 15.2. The summed E-state index contributed by atoms with van der Waals surface area (Å²) in [5.41, 5.74) is -0.911. The minimum atomic E-state index is -0.911. The van der Waals surface area contributed by atoms with Crippen LogP contribution in [0.5, 0.6) is 5.75 Å². The van der Waals surface area contributed by atoms with Crippen molar-refractivity contribution >= 4 is 30.1 Å². The average molecular weight is 288 g/mol. The molecule has 0 spiro atoms. The molecule has 0 saturated carbocycles. The van der Waals surface area contributed by atoms with Crippen LogP contribution in [-0.4, -0.2) is 35.8 Å². The molecule has 0 unspecified atom stereocenters. The number of hydrogen-bond donors (Lipinski definition) is 1. The van der Waals surface area contributed by atoms with Gasteiger partial charge in [-0.2, -0.15) is 12.6 Å². The lowest BCUT2D eigenvalue weighted by Gasteiger charge is -2.29. The van der Waals surface area contributed by atoms with E-state index >= 15 is 0 Å². The van der Waals surface area contributed by atoms with Gasteiger partial charge in [0, 0.05) is 24.4 Å². The molecule has 0 fully saturated rings. The van der Waals surface area contributed by atoms with E-state index in [2.05, 4.69) is 12.6 Å². The molecule has 1 rings (SSSR count). The number of carbonyl (C=O) groups is 1. The van der Waals surface area contributed by atoms with Crippen LogP contribution in [-0.2, 0) is 4.79 Å². The van der Waals surface area contributed by atoms with Crippen LogP contribution in [0.2, 0.25) is 5.02 Å². The number of ether oxygens (including phenoxy) is 1. The molecule has 1 amide bonds. The molecular weight excluding hydrogens is 270 g/mol. The Morgan fingerprint density at radius 3 is 2.44 bits per heavy atom. The molecule has 0 aliphatic carbocycles. The number of hydrogen-bond acceptors (Lipinski definition) is 3. The van der Waals surface area contributed by atoms with E-state index in [1.807, 2.05) is 0 Å². The molecule has 0 heterocycles. The van der Waals surface area contributed by atoms with E-state index in [1.54, 1.807) is 50.1 Å². The Labute approximate surface area is 118 Å². The van der Waals surface area contributed by atoms with E-state index in [4.69, 9.17) is 16.3 Å². The number of rotatable bonds is 5. The SMILES string of the molecule is CN(CCS)C(=O)C(C)(C)Oc1ccc(Cl)cc1. The zero-order chi connectivity index (χ0) is 13.8. The van der Waals surface area contributed by atoms with Crippen LogP contribution in [0.3, 0.4) is 0 Å². The van der Waals surface area contributed by atoms with Crippen molar-refractivity contribution in [3.8, 4) is 5.75 Å². The first-order valence-corrected chi connectivity index (χ1v) is 6.69. The second-order valence-corrected chi connectivity index (χ2v) is 5.40. The van der Waals surface area contributed by atoms with Gasteiger partial charge < -0.3 is 9.64 Å². The second kappa shape index (κ2) is 6.34. The molecule has 1 aromatic rings. The summed E-state index contributed by atoms with van der Waals surface area (Å²) in [5, 5.41) is 0.638. The van der Waals surface area contributed by atoms with Crippen molar-refractivity contribution in [2.75, 3.05) is 19.3 Å². The van der Waals surface area contributed by atoms with Gasteiger partial charge in [-0.3, -0.25) is 4.79 Å². The van der Waals surface area contributed by atoms with Gasteiger partial charge >= 0.3 is 0 Å². The first-order chi connectivity index (χ1) is 8.36. The molecule has 0 aliphatic rings. The number of benzene rings is 1. The topological polar surface area (TPSA) is 29.5 Å². The Balaban J connectivity index is 2.74. The number of likely N-dealkylation sites (N-methyl/N-ethyl adjacent to an activating group) is 1. The highest BCUT2D eigenvalue weighted by molar-refractivity contribution is 7.80. The molecule has 0 aliphatic heterocycles. The molecule has 0 N–H and O–H groups in total. The molecule has 0 bridgehead atoms. The van der Waals surface area contributed by atoms with Gasteiger partial charge in [-0.05, 0) is 38.1 Å². The predicted molar refractivity (Wildman–Crippen MR) is 77.6 cm³/mol. The molecular formula is C13H18ClNO2S. The minimum Gasteiger partial charge on any atom is -0.478 e. The van der Waals surface area contributed by atoms with Gasteiger partial charge in [-0.15, -0.1) is 0 Å². The zero-order valence-corrected chi connectivity index (χ0v) is 12.5. The molecule has 0 radical (unpaired) electrons. The van der Waals surface area contributed by atoms with Gasteiger partial charge in [-0.25, -0.2) is 0 Å². The number of thiol groups is 1. The minimum absolute atomic E-state index is 0.0773. The standard InChI is InChI=1S/C13H18ClNO2S/c1-13(2,12(16)15(3)8-9-18)17-11-6-4-10(14)5-7-11/h4-7,18H,8-9H2,1-3H3. The number of carbonyl (C=O) groups excluding carboxylic acids is 1. The fourth-order valence-corrected chi connectivity index (χ4v) is 1.98. The zero-order valence-electron chi connectivity index (χ0n) is 10.8. The molecule has 0 atom stereocenters. The van der Waals surface area contributed by atoms with E-state index in [9.17, 15) is 4.79 Å². The van der Waals surface area contributed by atoms with E-state index in [0.29, 0.717) is 23.1 Å². The van der Waals surface area contributed by atoms with Gasteiger partial charge in [0.05, 0.1) is 0 Å². The van der Waals surface area contributed by atoms with Gasteiger partial charge in [-0.1, -0.05) is 11.6 Å². The maximum absolute atomic E-state index is 12.2. The lowest BCUT2D eigenvalue weighted by Crippen LogP contribution is -2.47. The van der Waals surface area contributed by atoms with Gasteiger partial charge in [0.25, 0.3) is 5.91 Å². The molecule has 5 heteroatoms. The lowest BCUT2D eigenvalue weighted by atomic mass is 10.1. The van der Waals surface area contributed by atoms with Crippen molar-refractivity contribution in [3.63, 3.8) is 0 Å². The van der Waals surface area contributed by atoms with E-state index < -0.39 is 5.60 Å². The van der Waals surface area contributed by atoms with Crippen molar-refractivity contribution in [1.29, 1.82) is 0 Å². The third-order valence-corrected chi connectivity index (χ3v) is 2.94. The van der Waals surface area contributed by atoms with Gasteiger partial charge in [0.1, 0.15) is 5.75 Å². The molecule has 0 saturated heterocycles. The largest absolute Gasteiger partial charge is 0.478 e. The number of halogens is 1. The van der Waals surface area contributed by atoms with E-state index in [-0.39, 0.29) is 5.91 Å². The maximum Gasteiger partial charge on any atom is 0.265 e. The van der Waals surface area contributed by atoms with Crippen molar-refractivity contribution in [3.05, 3.63) is 29.3 Å². The molecule has 100 valence electrons. The number of amides is 1. The quantitative estimate of drug-likeness (QED) is 0.844. The van der Waals surface area contributed by atoms with Crippen LogP contribution in [0, 0.1) is 0 Å². The van der Waals surface area contributed by atoms with E-state index in [1.165, 1.54) is 0 Å². The molecule has 18 heavy (non-hydrogen) atoms. The van der Waals surface area contributed by atoms with Crippen molar-refractivity contribution in [2.45, 2.75) is 19.4 Å². The summed E-state index contributed by atoms with van der Waals surface area (Å²) < 4.78 is 5.71. The lowest BCUT2D eigenvalue weighted by molar-refractivity contribution is -0.143. The molecule has 1 aromatic carbocycles. The van der Waals surface area contributed by atoms with Crippen LogP contribution >= 0.6 is 24.2 Å². The highest BCUT2D eigenvalue weighted by atomic mass is 35.5. The Bertz CT molecular complexity index is 406. The Kier molecular flexibility index (Phi) is 5.35. The normalized spacial score (nSPS) is 11.2. The van der Waals surface area contributed by atoms with Crippen molar-refractivity contribution in [1.82, 2.24) is 4.90 Å². The van der Waals surface area contributed by atoms with E-state index in [0.717, 1.165) is 0 Å². The van der Waals surface area contributed by atoms with Crippen LogP contribution in [0.15, 0.2) is 24.3 Å². The average Bonchev–Trinajstić information content (AvgIpc) is 2.31. The summed E-state index contributed by atoms with van der Waals surface area (Å²) in [7, 11) is 1.74. The molecule has 3 nitrogen and oxygen atoms in total. The third-order valence-electron chi connectivity index (χ3n) is 2.48. The van der Waals surface area contributed by atoms with Crippen LogP contribution in [0.25, 0.3) is 0 Å². The summed E-state index contributed by atoms with van der Waals surface area (Å²) >= 11 is 9.91. The third kappa shape index (κ3) is 4.10. The van der Waals surface area contributed by atoms with Crippen LogP contribution in [0.4, 0.5) is 0 Å². The smallest absolute Gasteiger partial charge is 0.265 e. The Hall–Kier alpha value is -0.870. The second-order valence-electron chi connectivity index (χ2n) is 4.52. The van der Waals surface area contributed by atoms with Crippen molar-refractivity contribution < 1.29 is 9.53 Å². The Morgan fingerprint density at radius 1 is 1.39 bits per heavy atom. The Morgan fingerprint density at radius 2 is 1.94 bits per heavy atom. The van der Waals surface area contributed by atoms with Gasteiger partial charge in [0.15, 0.2) is 5.60 Å². The summed E-state index contributed by atoms with van der Waals surface area (Å²) in [4.78, 5) is 13.8. The predicted octanol–water partition coefficient (Wildman–Crippen LogP) is 2.89. The summed E-state index contributed by atoms with van der Waals surface area (Å²) in [5.74, 6) is 1.17. The summed E-state index contributed by atoms with van der Waals surface area (Å²) in [6.45, 7) is 4.09. The highest BCUT2D eigenvalue weighted by Gasteiger charge is 2.32. The number of nitrogens with zero attached hydrogens (tertiary/aromatic N) is 1. The monoisotopic (exact) mass is 287 g/mol. The van der Waals surface area contributed by atoms with Crippen LogP contribution < -0.4 is 4.74 Å². The van der Waals surface area contributed by atoms with Crippen molar-refractivity contribution in [2.24, 2.45) is 0 Å². The fraction of sp³-hybridized carbons (Fsp3) is 0.462. The maximum atomic E-state index is 12.2. The molecule has 0 aromatic heterocycles. The van der Waals surface area contributed by atoms with Gasteiger partial charge in [0.2, 0.25) is 0 Å². The summed E-state index contributed by atoms with van der Waals surface area (Å²) in [6.07, 6.45) is 0.